The first kappa shape index (κ1) is 18.1. The number of methoxy groups -OCH3 is 1. The summed E-state index contributed by atoms with van der Waals surface area (Å²) >= 11 is 0. The number of fused-ring (bicyclic) bond motifs is 1. The van der Waals surface area contributed by atoms with Gasteiger partial charge in [0.25, 0.3) is 0 Å². The molecule has 0 amide bonds. The molecule has 132 valence electrons. The number of hydrogen-bond acceptors (Lipinski definition) is 7. The minimum atomic E-state index is -5.97. The van der Waals surface area contributed by atoms with Crippen LogP contribution in [0.1, 0.15) is 5.76 Å². The van der Waals surface area contributed by atoms with Crippen LogP contribution >= 0.6 is 0 Å². The zero-order valence-electron chi connectivity index (χ0n) is 12.3. The lowest BCUT2D eigenvalue weighted by Crippen LogP contribution is -2.28. The Labute approximate surface area is 133 Å². The van der Waals surface area contributed by atoms with E-state index in [4.69, 9.17) is 9.15 Å². The Hall–Kier alpha value is -2.27. The van der Waals surface area contributed by atoms with Crippen LogP contribution in [0.15, 0.2) is 27.4 Å². The van der Waals surface area contributed by atoms with E-state index in [9.17, 15) is 26.4 Å². The topological polar surface area (TPSA) is 92.0 Å². The second kappa shape index (κ2) is 6.32. The van der Waals surface area contributed by atoms with Crippen LogP contribution in [0.2, 0.25) is 0 Å². The fourth-order valence-electron chi connectivity index (χ4n) is 1.79. The Kier molecular flexibility index (Phi) is 4.76. The molecule has 1 aromatic heterocycles. The molecule has 0 unspecified atom stereocenters. The van der Waals surface area contributed by atoms with Gasteiger partial charge in [-0.05, 0) is 6.92 Å². The third kappa shape index (κ3) is 3.62. The van der Waals surface area contributed by atoms with Crippen LogP contribution in [0.3, 0.4) is 0 Å². The number of alkyl halides is 3. The second-order valence-electron chi connectivity index (χ2n) is 4.55. The molecule has 7 nitrogen and oxygen atoms in total. The maximum absolute atomic E-state index is 12.5. The van der Waals surface area contributed by atoms with Gasteiger partial charge in [0.1, 0.15) is 22.5 Å². The summed E-state index contributed by atoms with van der Waals surface area (Å²) in [7, 11) is -4.67. The Bertz CT molecular complexity index is 916. The van der Waals surface area contributed by atoms with Crippen molar-refractivity contribution in [3.63, 3.8) is 0 Å². The van der Waals surface area contributed by atoms with E-state index in [2.05, 4.69) is 8.92 Å². The summed E-state index contributed by atoms with van der Waals surface area (Å²) in [6.07, 6.45) is 0. The number of hydrogen-bond donors (Lipinski definition) is 0. The Balaban J connectivity index is 2.68. The van der Waals surface area contributed by atoms with E-state index >= 15 is 0 Å². The van der Waals surface area contributed by atoms with Crippen LogP contribution in [0.5, 0.6) is 11.5 Å². The smallest absolute Gasteiger partial charge is 0.467 e. The van der Waals surface area contributed by atoms with Crippen LogP contribution in [0, 0.1) is 6.92 Å². The highest BCUT2D eigenvalue weighted by molar-refractivity contribution is 7.88. The third-order valence-corrected chi connectivity index (χ3v) is 3.68. The summed E-state index contributed by atoms with van der Waals surface area (Å²) in [5.74, 6) is -0.795. The van der Waals surface area contributed by atoms with Crippen molar-refractivity contribution in [1.82, 2.24) is 0 Å². The Morgan fingerprint density at radius 3 is 2.46 bits per heavy atom. The Morgan fingerprint density at radius 1 is 1.21 bits per heavy atom. The van der Waals surface area contributed by atoms with Crippen LogP contribution < -0.4 is 14.3 Å². The molecule has 0 bridgehead atoms. The number of benzene rings is 1. The average Bonchev–Trinajstić information content (AvgIpc) is 2.42. The van der Waals surface area contributed by atoms with Gasteiger partial charge in [0.05, 0.1) is 0 Å². The van der Waals surface area contributed by atoms with E-state index in [0.717, 1.165) is 12.1 Å². The zero-order valence-corrected chi connectivity index (χ0v) is 13.2. The van der Waals surface area contributed by atoms with Crippen molar-refractivity contribution in [3.8, 4) is 11.5 Å². The monoisotopic (exact) mass is 368 g/mol. The molecule has 2 rings (SSSR count). The molecule has 1 heterocycles. The molecule has 0 saturated heterocycles. The van der Waals surface area contributed by atoms with Crippen LogP contribution in [-0.2, 0) is 14.9 Å². The molecule has 0 atom stereocenters. The van der Waals surface area contributed by atoms with Crippen LogP contribution in [0.25, 0.3) is 11.0 Å². The summed E-state index contributed by atoms with van der Waals surface area (Å²) in [5, 5.41) is -0.460. The maximum Gasteiger partial charge on any atom is 0.534 e. The van der Waals surface area contributed by atoms with Gasteiger partial charge in [-0.25, -0.2) is 0 Å². The zero-order chi connectivity index (χ0) is 18.1. The molecule has 0 aliphatic heterocycles. The minimum Gasteiger partial charge on any atom is -0.467 e. The molecule has 0 fully saturated rings. The van der Waals surface area contributed by atoms with Crippen molar-refractivity contribution in [2.45, 2.75) is 12.4 Å². The van der Waals surface area contributed by atoms with E-state index in [1.165, 1.54) is 20.1 Å². The molecule has 11 heteroatoms. The first-order chi connectivity index (χ1) is 11.0. The normalized spacial score (nSPS) is 12.4. The van der Waals surface area contributed by atoms with Gasteiger partial charge >= 0.3 is 15.6 Å². The first-order valence-corrected chi connectivity index (χ1v) is 7.67. The molecule has 2 aromatic rings. The molecule has 0 spiro atoms. The van der Waals surface area contributed by atoms with E-state index in [0.29, 0.717) is 0 Å². The van der Waals surface area contributed by atoms with Gasteiger partial charge in [0.15, 0.2) is 18.0 Å². The SMILES string of the molecule is COCOc1cc(OS(=O)(=O)C(F)(F)F)c2c(=O)cc(C)oc2c1. The van der Waals surface area contributed by atoms with Crippen molar-refractivity contribution in [3.05, 3.63) is 34.2 Å². The van der Waals surface area contributed by atoms with Gasteiger partial charge < -0.3 is 18.1 Å². The van der Waals surface area contributed by atoms with E-state index in [-0.39, 0.29) is 23.9 Å². The minimum absolute atomic E-state index is 0.106. The van der Waals surface area contributed by atoms with Gasteiger partial charge in [-0.3, -0.25) is 4.79 Å². The van der Waals surface area contributed by atoms with E-state index in [1.54, 1.807) is 0 Å². The van der Waals surface area contributed by atoms with E-state index < -0.39 is 32.2 Å². The highest BCUT2D eigenvalue weighted by Gasteiger charge is 2.49. The molecule has 24 heavy (non-hydrogen) atoms. The summed E-state index contributed by atoms with van der Waals surface area (Å²) < 4.78 is 79.0. The van der Waals surface area contributed by atoms with Crippen molar-refractivity contribution >= 4 is 21.1 Å². The second-order valence-corrected chi connectivity index (χ2v) is 6.09. The van der Waals surface area contributed by atoms with Crippen molar-refractivity contribution < 1.29 is 39.7 Å². The number of rotatable bonds is 5. The third-order valence-electron chi connectivity index (χ3n) is 2.72. The lowest BCUT2D eigenvalue weighted by molar-refractivity contribution is -0.0499. The van der Waals surface area contributed by atoms with Crippen molar-refractivity contribution in [2.75, 3.05) is 13.9 Å². The Morgan fingerprint density at radius 2 is 1.88 bits per heavy atom. The van der Waals surface area contributed by atoms with Crippen molar-refractivity contribution in [2.24, 2.45) is 0 Å². The molecule has 0 radical (unpaired) electrons. The number of aryl methyl sites for hydroxylation is 1. The van der Waals surface area contributed by atoms with Gasteiger partial charge in [-0.2, -0.15) is 21.6 Å². The van der Waals surface area contributed by atoms with Crippen LogP contribution in [0.4, 0.5) is 13.2 Å². The lowest BCUT2D eigenvalue weighted by Gasteiger charge is -2.13. The molecule has 0 aliphatic rings. The molecule has 0 saturated carbocycles. The van der Waals surface area contributed by atoms with Gasteiger partial charge in [0, 0.05) is 25.3 Å². The fraction of sp³-hybridized carbons (Fsp3) is 0.308. The van der Waals surface area contributed by atoms with Crippen molar-refractivity contribution in [1.29, 1.82) is 0 Å². The molecule has 0 aliphatic carbocycles. The summed E-state index contributed by atoms with van der Waals surface area (Å²) in [6.45, 7) is 1.17. The standard InChI is InChI=1S/C13H11F3O7S/c1-7-3-9(17)12-10(22-7)4-8(21-6-20-2)5-11(12)23-24(18,19)13(14,15)16/h3-5H,6H2,1-2H3. The van der Waals surface area contributed by atoms with Crippen LogP contribution in [-0.4, -0.2) is 27.8 Å². The molecular formula is C13H11F3O7S. The lowest BCUT2D eigenvalue weighted by atomic mass is 10.2. The largest absolute Gasteiger partial charge is 0.534 e. The summed E-state index contributed by atoms with van der Waals surface area (Å²) in [5.41, 5.74) is -6.62. The predicted molar refractivity (Wildman–Crippen MR) is 75.3 cm³/mol. The fourth-order valence-corrected chi connectivity index (χ4v) is 2.25. The highest BCUT2D eigenvalue weighted by atomic mass is 32.2. The molecule has 1 aromatic carbocycles. The first-order valence-electron chi connectivity index (χ1n) is 6.26. The average molecular weight is 368 g/mol. The summed E-state index contributed by atoms with van der Waals surface area (Å²) in [6, 6.07) is 3.03. The number of ether oxygens (including phenoxy) is 2. The highest BCUT2D eigenvalue weighted by Crippen LogP contribution is 2.34. The van der Waals surface area contributed by atoms with Gasteiger partial charge in [0.2, 0.25) is 0 Å². The van der Waals surface area contributed by atoms with Gasteiger partial charge in [-0.15, -0.1) is 0 Å². The van der Waals surface area contributed by atoms with Gasteiger partial charge in [-0.1, -0.05) is 0 Å². The maximum atomic E-state index is 12.5. The van der Waals surface area contributed by atoms with E-state index in [1.807, 2.05) is 0 Å². The molecular weight excluding hydrogens is 357 g/mol. The summed E-state index contributed by atoms with van der Waals surface area (Å²) in [4.78, 5) is 12.0. The number of halogens is 3. The molecule has 0 N–H and O–H groups in total. The quantitative estimate of drug-likeness (QED) is 0.454. The predicted octanol–water partition coefficient (Wildman–Crippen LogP) is 2.31.